The maximum atomic E-state index is 13.4. The molecule has 2 amide bonds. The fourth-order valence-electron chi connectivity index (χ4n) is 3.73. The molecule has 1 N–H and O–H groups in total. The fraction of sp³-hybridized carbons (Fsp3) is 0.185. The molecule has 0 fully saturated rings. The molecule has 162 valence electrons. The van der Waals surface area contributed by atoms with Gasteiger partial charge in [0, 0.05) is 12.2 Å². The molecule has 1 aliphatic rings. The lowest BCUT2D eigenvalue weighted by atomic mass is 9.99. The van der Waals surface area contributed by atoms with E-state index in [1.54, 1.807) is 12.1 Å². The van der Waals surface area contributed by atoms with Crippen molar-refractivity contribution in [3.05, 3.63) is 106 Å². The lowest BCUT2D eigenvalue weighted by Gasteiger charge is -2.15. The molecule has 0 aromatic heterocycles. The average Bonchev–Trinajstić information content (AvgIpc) is 3.00. The Morgan fingerprint density at radius 2 is 1.50 bits per heavy atom. The maximum absolute atomic E-state index is 13.4. The number of imide groups is 1. The average molecular weight is 429 g/mol. The predicted octanol–water partition coefficient (Wildman–Crippen LogP) is 5.19. The van der Waals surface area contributed by atoms with Crippen molar-refractivity contribution in [3.8, 4) is 0 Å². The number of rotatable bonds is 6. The van der Waals surface area contributed by atoms with Crippen molar-refractivity contribution >= 4 is 23.1 Å². The van der Waals surface area contributed by atoms with E-state index < -0.39 is 0 Å². The van der Waals surface area contributed by atoms with Gasteiger partial charge in [-0.1, -0.05) is 48.0 Å². The molecule has 0 radical (unpaired) electrons. The highest BCUT2D eigenvalue weighted by Gasteiger charge is 2.39. The molecule has 32 heavy (non-hydrogen) atoms. The normalized spacial score (nSPS) is 13.8. The Kier molecular flexibility index (Phi) is 5.91. The van der Waals surface area contributed by atoms with Crippen molar-refractivity contribution in [1.29, 1.82) is 0 Å². The van der Waals surface area contributed by atoms with Crippen LogP contribution in [-0.4, -0.2) is 23.3 Å². The van der Waals surface area contributed by atoms with E-state index in [1.165, 1.54) is 17.0 Å². The van der Waals surface area contributed by atoms with Gasteiger partial charge in [0.15, 0.2) is 0 Å². The van der Waals surface area contributed by atoms with Crippen molar-refractivity contribution in [2.45, 2.75) is 27.2 Å². The van der Waals surface area contributed by atoms with E-state index in [4.69, 9.17) is 0 Å². The Bertz CT molecular complexity index is 1210. The summed E-state index contributed by atoms with van der Waals surface area (Å²) in [5.41, 5.74) is 6.24. The van der Waals surface area contributed by atoms with Crippen LogP contribution >= 0.6 is 0 Å². The van der Waals surface area contributed by atoms with Gasteiger partial charge in [-0.2, -0.15) is 0 Å². The molecule has 0 spiro atoms. The summed E-state index contributed by atoms with van der Waals surface area (Å²) in [6.45, 7) is 6.21. The minimum Gasteiger partial charge on any atom is -0.350 e. The number of amides is 2. The van der Waals surface area contributed by atoms with Crippen LogP contribution in [-0.2, 0) is 16.0 Å². The number of nitrogens with one attached hydrogen (secondary N) is 1. The van der Waals surface area contributed by atoms with Crippen LogP contribution < -0.4 is 5.32 Å². The van der Waals surface area contributed by atoms with Crippen LogP contribution in [0.25, 0.3) is 5.57 Å². The highest BCUT2D eigenvalue weighted by molar-refractivity contribution is 6.36. The van der Waals surface area contributed by atoms with Crippen LogP contribution in [0.3, 0.4) is 0 Å². The maximum Gasteiger partial charge on any atom is 0.278 e. The molecular weight excluding hydrogens is 403 g/mol. The molecule has 5 heteroatoms. The Hall–Kier alpha value is -3.73. The highest BCUT2D eigenvalue weighted by atomic mass is 19.1. The standard InChI is InChI=1S/C27H25FN2O2/c1-17-4-12-23(13-5-17)29-25-24(21-9-6-18(2)19(3)16-21)26(31)30(27(25)32)15-14-20-7-10-22(28)11-8-20/h4-13,16,29H,14-15H2,1-3H3. The minimum atomic E-state index is -0.356. The molecule has 3 aromatic carbocycles. The summed E-state index contributed by atoms with van der Waals surface area (Å²) in [6, 6.07) is 19.6. The number of aryl methyl sites for hydroxylation is 3. The first kappa shape index (κ1) is 21.5. The van der Waals surface area contributed by atoms with Gasteiger partial charge in [-0.05, 0) is 73.7 Å². The predicted molar refractivity (Wildman–Crippen MR) is 124 cm³/mol. The number of carbonyl (C=O) groups is 2. The molecule has 0 saturated carbocycles. The second kappa shape index (κ2) is 8.79. The van der Waals surface area contributed by atoms with Gasteiger partial charge in [0.2, 0.25) is 0 Å². The van der Waals surface area contributed by atoms with Gasteiger partial charge in [-0.25, -0.2) is 4.39 Å². The summed E-state index contributed by atoms with van der Waals surface area (Å²) < 4.78 is 13.2. The van der Waals surface area contributed by atoms with Crippen LogP contribution in [0.5, 0.6) is 0 Å². The summed E-state index contributed by atoms with van der Waals surface area (Å²) in [7, 11) is 0. The van der Waals surface area contributed by atoms with Crippen molar-refractivity contribution < 1.29 is 14.0 Å². The second-order valence-corrected chi connectivity index (χ2v) is 8.18. The molecule has 0 aliphatic carbocycles. The van der Waals surface area contributed by atoms with Crippen LogP contribution in [0.2, 0.25) is 0 Å². The SMILES string of the molecule is Cc1ccc(NC2=C(c3ccc(C)c(C)c3)C(=O)N(CCc3ccc(F)cc3)C2=O)cc1. The Labute approximate surface area is 187 Å². The van der Waals surface area contributed by atoms with Crippen molar-refractivity contribution in [2.24, 2.45) is 0 Å². The lowest BCUT2D eigenvalue weighted by molar-refractivity contribution is -0.136. The number of benzene rings is 3. The number of hydrogen-bond acceptors (Lipinski definition) is 3. The molecule has 3 aromatic rings. The van der Waals surface area contributed by atoms with Gasteiger partial charge in [0.1, 0.15) is 11.5 Å². The molecule has 0 unspecified atom stereocenters. The summed E-state index contributed by atoms with van der Waals surface area (Å²) in [5, 5.41) is 3.18. The van der Waals surface area contributed by atoms with Crippen LogP contribution in [0.4, 0.5) is 10.1 Å². The van der Waals surface area contributed by atoms with Crippen LogP contribution in [0, 0.1) is 26.6 Å². The third-order valence-corrected chi connectivity index (χ3v) is 5.82. The van der Waals surface area contributed by atoms with Gasteiger partial charge in [-0.3, -0.25) is 14.5 Å². The van der Waals surface area contributed by atoms with Gasteiger partial charge < -0.3 is 5.32 Å². The van der Waals surface area contributed by atoms with Crippen LogP contribution in [0.1, 0.15) is 27.8 Å². The molecule has 0 atom stereocenters. The van der Waals surface area contributed by atoms with Crippen molar-refractivity contribution in [2.75, 3.05) is 11.9 Å². The second-order valence-electron chi connectivity index (χ2n) is 8.18. The zero-order valence-electron chi connectivity index (χ0n) is 18.4. The van der Waals surface area contributed by atoms with E-state index in [2.05, 4.69) is 5.32 Å². The molecular formula is C27H25FN2O2. The Morgan fingerprint density at radius 1 is 0.812 bits per heavy atom. The van der Waals surface area contributed by atoms with Crippen molar-refractivity contribution in [3.63, 3.8) is 0 Å². The first-order chi connectivity index (χ1) is 15.3. The fourth-order valence-corrected chi connectivity index (χ4v) is 3.73. The summed E-state index contributed by atoms with van der Waals surface area (Å²) >= 11 is 0. The van der Waals surface area contributed by atoms with Crippen molar-refractivity contribution in [1.82, 2.24) is 4.90 Å². The molecule has 1 aliphatic heterocycles. The van der Waals surface area contributed by atoms with E-state index >= 15 is 0 Å². The van der Waals surface area contributed by atoms with E-state index in [0.29, 0.717) is 17.6 Å². The number of anilines is 1. The monoisotopic (exact) mass is 428 g/mol. The van der Waals surface area contributed by atoms with Crippen LogP contribution in [0.15, 0.2) is 72.4 Å². The topological polar surface area (TPSA) is 49.4 Å². The molecule has 4 rings (SSSR count). The zero-order valence-corrected chi connectivity index (χ0v) is 18.4. The first-order valence-electron chi connectivity index (χ1n) is 10.6. The quantitative estimate of drug-likeness (QED) is 0.550. The number of halogens is 1. The van der Waals surface area contributed by atoms with E-state index in [1.807, 2.05) is 63.2 Å². The molecule has 0 saturated heterocycles. The summed E-state index contributed by atoms with van der Waals surface area (Å²) in [6.07, 6.45) is 0.454. The van der Waals surface area contributed by atoms with E-state index in [9.17, 15) is 14.0 Å². The van der Waals surface area contributed by atoms with Gasteiger partial charge in [0.05, 0.1) is 5.57 Å². The van der Waals surface area contributed by atoms with E-state index in [-0.39, 0.29) is 29.9 Å². The smallest absolute Gasteiger partial charge is 0.278 e. The lowest BCUT2D eigenvalue weighted by Crippen LogP contribution is -2.34. The number of hydrogen-bond donors (Lipinski definition) is 1. The number of nitrogens with zero attached hydrogens (tertiary/aromatic N) is 1. The Balaban J connectivity index is 1.67. The third-order valence-electron chi connectivity index (χ3n) is 5.82. The number of carbonyl (C=O) groups excluding carboxylic acids is 2. The highest BCUT2D eigenvalue weighted by Crippen LogP contribution is 2.31. The Morgan fingerprint density at radius 3 is 2.16 bits per heavy atom. The third kappa shape index (κ3) is 4.33. The first-order valence-corrected chi connectivity index (χ1v) is 10.6. The van der Waals surface area contributed by atoms with E-state index in [0.717, 1.165) is 27.9 Å². The molecule has 4 nitrogen and oxygen atoms in total. The van der Waals surface area contributed by atoms with Gasteiger partial charge in [-0.15, -0.1) is 0 Å². The molecule has 0 bridgehead atoms. The zero-order chi connectivity index (χ0) is 22.8. The minimum absolute atomic E-state index is 0.219. The van der Waals surface area contributed by atoms with Gasteiger partial charge in [0.25, 0.3) is 11.8 Å². The van der Waals surface area contributed by atoms with Gasteiger partial charge >= 0.3 is 0 Å². The largest absolute Gasteiger partial charge is 0.350 e. The summed E-state index contributed by atoms with van der Waals surface area (Å²) in [4.78, 5) is 28.0. The molecule has 1 heterocycles. The summed E-state index contributed by atoms with van der Waals surface area (Å²) in [5.74, 6) is -0.994.